The second-order valence-corrected chi connectivity index (χ2v) is 7.38. The van der Waals surface area contributed by atoms with Crippen molar-refractivity contribution in [3.63, 3.8) is 0 Å². The Morgan fingerprint density at radius 1 is 1.14 bits per heavy atom. The van der Waals surface area contributed by atoms with E-state index in [0.29, 0.717) is 23.3 Å². The molecule has 5 rings (SSSR count). The van der Waals surface area contributed by atoms with Gasteiger partial charge in [0, 0.05) is 31.5 Å². The Morgan fingerprint density at radius 3 is 2.76 bits per heavy atom. The molecule has 29 heavy (non-hydrogen) atoms. The zero-order valence-corrected chi connectivity index (χ0v) is 16.6. The fourth-order valence-electron chi connectivity index (χ4n) is 3.91. The lowest BCUT2D eigenvalue weighted by molar-refractivity contribution is 0.0819. The van der Waals surface area contributed by atoms with E-state index in [1.807, 2.05) is 19.1 Å². The van der Waals surface area contributed by atoms with Crippen LogP contribution in [-0.2, 0) is 4.74 Å². The number of nitrogens with one attached hydrogen (secondary N) is 1. The van der Waals surface area contributed by atoms with Crippen LogP contribution in [0.3, 0.4) is 0 Å². The maximum absolute atomic E-state index is 5.74. The number of hydrogen-bond donors (Lipinski definition) is 1. The van der Waals surface area contributed by atoms with Crippen molar-refractivity contribution in [2.24, 2.45) is 0 Å². The number of imidazole rings is 1. The van der Waals surface area contributed by atoms with Crippen molar-refractivity contribution >= 4 is 16.9 Å². The maximum Gasteiger partial charge on any atom is 0.198 e. The van der Waals surface area contributed by atoms with Crippen LogP contribution < -0.4 is 4.90 Å². The molecule has 7 nitrogen and oxygen atoms in total. The minimum Gasteiger partial charge on any atom is -0.458 e. The molecule has 0 unspecified atom stereocenters. The van der Waals surface area contributed by atoms with E-state index in [-0.39, 0.29) is 0 Å². The van der Waals surface area contributed by atoms with Crippen molar-refractivity contribution in [1.82, 2.24) is 19.9 Å². The molecule has 4 aromatic rings. The molecule has 1 aliphatic heterocycles. The highest BCUT2D eigenvalue weighted by Crippen LogP contribution is 2.31. The fourth-order valence-corrected chi connectivity index (χ4v) is 3.91. The lowest BCUT2D eigenvalue weighted by Crippen LogP contribution is -2.36. The molecular weight excluding hydrogens is 366 g/mol. The molecule has 1 fully saturated rings. The van der Waals surface area contributed by atoms with Gasteiger partial charge in [-0.05, 0) is 44.0 Å². The molecular formula is C22H23N5O2. The molecule has 0 aliphatic carbocycles. The first-order chi connectivity index (χ1) is 14.2. The van der Waals surface area contributed by atoms with Crippen LogP contribution in [0.25, 0.3) is 34.0 Å². The van der Waals surface area contributed by atoms with E-state index >= 15 is 0 Å². The number of furan rings is 1. The second-order valence-electron chi connectivity index (χ2n) is 7.38. The first-order valence-corrected chi connectivity index (χ1v) is 9.87. The highest BCUT2D eigenvalue weighted by atomic mass is 16.5. The summed E-state index contributed by atoms with van der Waals surface area (Å²) in [7, 11) is 1.80. The summed E-state index contributed by atoms with van der Waals surface area (Å²) in [4.78, 5) is 19.3. The van der Waals surface area contributed by atoms with Crippen molar-refractivity contribution < 1.29 is 9.15 Å². The molecule has 7 heteroatoms. The standard InChI is InChI=1S/C22H23N5O2/c1-14-6-7-18(29-14)21-25-19(20-22(26-21)24-13-23-20)15-4-3-5-16(12-15)27-10-8-17(28-2)9-11-27/h3-7,12-13,17H,8-11H2,1-2H3,(H,23,24,25,26). The fraction of sp³-hybridized carbons (Fsp3) is 0.318. The van der Waals surface area contributed by atoms with Gasteiger partial charge in [-0.15, -0.1) is 0 Å². The van der Waals surface area contributed by atoms with Gasteiger partial charge in [-0.3, -0.25) is 0 Å². The molecule has 4 heterocycles. The smallest absolute Gasteiger partial charge is 0.198 e. The van der Waals surface area contributed by atoms with Gasteiger partial charge in [-0.1, -0.05) is 12.1 Å². The summed E-state index contributed by atoms with van der Waals surface area (Å²) in [6, 6.07) is 12.3. The normalized spacial score (nSPS) is 15.3. The first-order valence-electron chi connectivity index (χ1n) is 9.87. The quantitative estimate of drug-likeness (QED) is 0.563. The molecule has 148 valence electrons. The number of aromatic amines is 1. The Labute approximate surface area is 168 Å². The van der Waals surface area contributed by atoms with Crippen LogP contribution in [0.15, 0.2) is 47.1 Å². The molecule has 0 saturated carbocycles. The molecule has 0 atom stereocenters. The molecule has 0 radical (unpaired) electrons. The molecule has 1 aliphatic rings. The van der Waals surface area contributed by atoms with E-state index in [1.165, 1.54) is 5.69 Å². The average Bonchev–Trinajstić information content (AvgIpc) is 3.42. The number of H-pyrrole nitrogens is 1. The Balaban J connectivity index is 1.55. The van der Waals surface area contributed by atoms with Gasteiger partial charge in [0.15, 0.2) is 17.2 Å². The Bertz CT molecular complexity index is 1140. The number of rotatable bonds is 4. The van der Waals surface area contributed by atoms with Gasteiger partial charge in [0.25, 0.3) is 0 Å². The lowest BCUT2D eigenvalue weighted by Gasteiger charge is -2.33. The zero-order valence-electron chi connectivity index (χ0n) is 16.6. The Morgan fingerprint density at radius 2 is 2.00 bits per heavy atom. The third kappa shape index (κ3) is 3.38. The third-order valence-electron chi connectivity index (χ3n) is 5.51. The molecule has 1 N–H and O–H groups in total. The molecule has 1 aromatic carbocycles. The van der Waals surface area contributed by atoms with Crippen molar-refractivity contribution in [3.05, 3.63) is 48.5 Å². The Kier molecular flexibility index (Phi) is 4.52. The molecule has 0 spiro atoms. The third-order valence-corrected chi connectivity index (χ3v) is 5.51. The summed E-state index contributed by atoms with van der Waals surface area (Å²) in [6.07, 6.45) is 4.10. The number of benzene rings is 1. The van der Waals surface area contributed by atoms with Crippen molar-refractivity contribution in [1.29, 1.82) is 0 Å². The highest BCUT2D eigenvalue weighted by molar-refractivity contribution is 5.89. The number of nitrogens with zero attached hydrogens (tertiary/aromatic N) is 4. The van der Waals surface area contributed by atoms with E-state index in [1.54, 1.807) is 13.4 Å². The second kappa shape index (κ2) is 7.33. The predicted octanol–water partition coefficient (Wildman–Crippen LogP) is 4.20. The molecule has 3 aromatic heterocycles. The molecule has 0 bridgehead atoms. The van der Waals surface area contributed by atoms with Crippen molar-refractivity contribution in [3.8, 4) is 22.8 Å². The van der Waals surface area contributed by atoms with Gasteiger partial charge >= 0.3 is 0 Å². The van der Waals surface area contributed by atoms with Gasteiger partial charge < -0.3 is 19.0 Å². The van der Waals surface area contributed by atoms with E-state index in [2.05, 4.69) is 44.1 Å². The van der Waals surface area contributed by atoms with Gasteiger partial charge in [-0.25, -0.2) is 15.0 Å². The van der Waals surface area contributed by atoms with Crippen molar-refractivity contribution in [2.45, 2.75) is 25.9 Å². The van der Waals surface area contributed by atoms with Crippen LogP contribution in [0.5, 0.6) is 0 Å². The number of methoxy groups -OCH3 is 1. The topological polar surface area (TPSA) is 80.1 Å². The maximum atomic E-state index is 5.74. The zero-order chi connectivity index (χ0) is 19.8. The molecule has 1 saturated heterocycles. The summed E-state index contributed by atoms with van der Waals surface area (Å²) >= 11 is 0. The summed E-state index contributed by atoms with van der Waals surface area (Å²) in [6.45, 7) is 3.89. The number of hydrogen-bond acceptors (Lipinski definition) is 6. The van der Waals surface area contributed by atoms with E-state index < -0.39 is 0 Å². The van der Waals surface area contributed by atoms with Crippen LogP contribution in [0, 0.1) is 6.92 Å². The van der Waals surface area contributed by atoms with Gasteiger partial charge in [0.2, 0.25) is 0 Å². The first kappa shape index (κ1) is 17.9. The molecule has 0 amide bonds. The average molecular weight is 389 g/mol. The monoisotopic (exact) mass is 389 g/mol. The van der Waals surface area contributed by atoms with E-state index in [0.717, 1.165) is 48.5 Å². The van der Waals surface area contributed by atoms with Crippen LogP contribution in [0.4, 0.5) is 5.69 Å². The van der Waals surface area contributed by atoms with Gasteiger partial charge in [0.05, 0.1) is 12.4 Å². The summed E-state index contributed by atoms with van der Waals surface area (Å²) in [5.41, 5.74) is 4.50. The minimum atomic E-state index is 0.361. The van der Waals surface area contributed by atoms with Crippen LogP contribution in [0.2, 0.25) is 0 Å². The number of anilines is 1. The number of fused-ring (bicyclic) bond motifs is 1. The van der Waals surface area contributed by atoms with Crippen molar-refractivity contribution in [2.75, 3.05) is 25.1 Å². The van der Waals surface area contributed by atoms with Crippen LogP contribution in [-0.4, -0.2) is 46.2 Å². The number of aromatic nitrogens is 4. The number of aryl methyl sites for hydroxylation is 1. The number of piperidine rings is 1. The number of ether oxygens (including phenoxy) is 1. The van der Waals surface area contributed by atoms with Gasteiger partial charge in [0.1, 0.15) is 17.0 Å². The van der Waals surface area contributed by atoms with Crippen LogP contribution >= 0.6 is 0 Å². The summed E-state index contributed by atoms with van der Waals surface area (Å²) in [5.74, 6) is 2.01. The summed E-state index contributed by atoms with van der Waals surface area (Å²) < 4.78 is 11.2. The van der Waals surface area contributed by atoms with Crippen LogP contribution in [0.1, 0.15) is 18.6 Å². The lowest BCUT2D eigenvalue weighted by atomic mass is 10.0. The van der Waals surface area contributed by atoms with Gasteiger partial charge in [-0.2, -0.15) is 0 Å². The van der Waals surface area contributed by atoms with E-state index in [4.69, 9.17) is 14.1 Å². The predicted molar refractivity (Wildman–Crippen MR) is 112 cm³/mol. The highest BCUT2D eigenvalue weighted by Gasteiger charge is 2.20. The largest absolute Gasteiger partial charge is 0.458 e. The Hall–Kier alpha value is -3.19. The minimum absolute atomic E-state index is 0.361. The summed E-state index contributed by atoms with van der Waals surface area (Å²) in [5, 5.41) is 0. The van der Waals surface area contributed by atoms with E-state index in [9.17, 15) is 0 Å². The SMILES string of the molecule is COC1CCN(c2cccc(-c3nc(-c4ccc(C)o4)nc4nc[nH]c34)c2)CC1.